The molecule has 0 N–H and O–H groups in total. The van der Waals surface area contributed by atoms with Crippen LogP contribution in [-0.2, 0) is 28.6 Å². The van der Waals surface area contributed by atoms with Gasteiger partial charge in [-0.25, -0.2) is 0 Å². The zero-order valence-electron chi connectivity index (χ0n) is 42.0. The SMILES string of the molecule is CCCCC/C=C\C/C=C\C/C=C\C/C=C\CCCC(=O)O[C@H](COC(=O)CCCCCCCCCCCC)COC(=O)CCCCCCCCCCC/C=C\C/C=C\CCCCC. The largest absolute Gasteiger partial charge is 0.462 e. The van der Waals surface area contributed by atoms with E-state index in [1.54, 1.807) is 0 Å². The molecule has 0 aliphatic rings. The quantitative estimate of drug-likeness (QED) is 0.0262. The maximum absolute atomic E-state index is 12.8. The van der Waals surface area contributed by atoms with Gasteiger partial charge in [-0.2, -0.15) is 0 Å². The number of rotatable bonds is 48. The first-order chi connectivity index (χ1) is 31.5. The van der Waals surface area contributed by atoms with Gasteiger partial charge in [-0.1, -0.05) is 222 Å². The van der Waals surface area contributed by atoms with Crippen LogP contribution in [0.5, 0.6) is 0 Å². The van der Waals surface area contributed by atoms with E-state index < -0.39 is 6.10 Å². The van der Waals surface area contributed by atoms with Gasteiger partial charge in [-0.05, 0) is 89.9 Å². The molecule has 1 atom stereocenters. The summed E-state index contributed by atoms with van der Waals surface area (Å²) in [7, 11) is 0. The van der Waals surface area contributed by atoms with E-state index >= 15 is 0 Å². The molecule has 0 aliphatic heterocycles. The van der Waals surface area contributed by atoms with Crippen molar-refractivity contribution in [3.63, 3.8) is 0 Å². The first-order valence-electron chi connectivity index (χ1n) is 26.9. The third-order valence-electron chi connectivity index (χ3n) is 11.4. The molecule has 0 aromatic rings. The second-order valence-corrected chi connectivity index (χ2v) is 17.8. The van der Waals surface area contributed by atoms with Gasteiger partial charge in [0.15, 0.2) is 6.10 Å². The van der Waals surface area contributed by atoms with E-state index in [2.05, 4.69) is 93.7 Å². The van der Waals surface area contributed by atoms with Gasteiger partial charge in [0.05, 0.1) is 0 Å². The number of hydrogen-bond donors (Lipinski definition) is 0. The van der Waals surface area contributed by atoms with Crippen LogP contribution in [0.1, 0.15) is 258 Å². The maximum Gasteiger partial charge on any atom is 0.306 e. The van der Waals surface area contributed by atoms with Crippen molar-refractivity contribution in [2.24, 2.45) is 0 Å². The number of ether oxygens (including phenoxy) is 3. The molecule has 0 radical (unpaired) electrons. The second-order valence-electron chi connectivity index (χ2n) is 17.8. The van der Waals surface area contributed by atoms with Crippen LogP contribution in [0, 0.1) is 0 Å². The lowest BCUT2D eigenvalue weighted by atomic mass is 10.1. The Morgan fingerprint density at radius 3 is 0.953 bits per heavy atom. The van der Waals surface area contributed by atoms with Crippen LogP contribution in [-0.4, -0.2) is 37.2 Å². The summed E-state index contributed by atoms with van der Waals surface area (Å²) in [4.78, 5) is 38.0. The molecular weight excluding hydrogens is 793 g/mol. The molecular formula is C58H100O6. The molecule has 0 rings (SSSR count). The highest BCUT2D eigenvalue weighted by atomic mass is 16.6. The fraction of sp³-hybridized carbons (Fsp3) is 0.741. The molecule has 0 heterocycles. The predicted octanol–water partition coefficient (Wildman–Crippen LogP) is 17.8. The number of carbonyl (C=O) groups excluding carboxylic acids is 3. The summed E-state index contributed by atoms with van der Waals surface area (Å²) >= 11 is 0. The van der Waals surface area contributed by atoms with Crippen molar-refractivity contribution in [3.8, 4) is 0 Å². The van der Waals surface area contributed by atoms with Crippen LogP contribution in [0.4, 0.5) is 0 Å². The molecule has 64 heavy (non-hydrogen) atoms. The second kappa shape index (κ2) is 52.5. The van der Waals surface area contributed by atoms with Gasteiger partial charge in [-0.3, -0.25) is 14.4 Å². The number of unbranched alkanes of at least 4 members (excludes halogenated alkanes) is 25. The molecule has 6 heteroatoms. The molecule has 0 saturated heterocycles. The normalized spacial score (nSPS) is 12.6. The molecule has 0 aliphatic carbocycles. The first kappa shape index (κ1) is 60.9. The number of allylic oxidation sites excluding steroid dienone is 12. The Morgan fingerprint density at radius 2 is 0.578 bits per heavy atom. The molecule has 0 saturated carbocycles. The van der Waals surface area contributed by atoms with Gasteiger partial charge in [0, 0.05) is 19.3 Å². The fourth-order valence-electron chi connectivity index (χ4n) is 7.35. The zero-order chi connectivity index (χ0) is 46.5. The van der Waals surface area contributed by atoms with E-state index in [4.69, 9.17) is 14.2 Å². The molecule has 0 aromatic carbocycles. The van der Waals surface area contributed by atoms with Gasteiger partial charge in [0.1, 0.15) is 13.2 Å². The van der Waals surface area contributed by atoms with Crippen molar-refractivity contribution in [1.29, 1.82) is 0 Å². The molecule has 0 aromatic heterocycles. The van der Waals surface area contributed by atoms with Crippen molar-refractivity contribution < 1.29 is 28.6 Å². The lowest BCUT2D eigenvalue weighted by Crippen LogP contribution is -2.30. The summed E-state index contributed by atoms with van der Waals surface area (Å²) < 4.78 is 16.7. The first-order valence-corrected chi connectivity index (χ1v) is 26.9. The zero-order valence-corrected chi connectivity index (χ0v) is 42.0. The van der Waals surface area contributed by atoms with Crippen molar-refractivity contribution in [1.82, 2.24) is 0 Å². The molecule has 0 bridgehead atoms. The molecule has 6 nitrogen and oxygen atoms in total. The Kier molecular flexibility index (Phi) is 49.9. The predicted molar refractivity (Wildman–Crippen MR) is 274 cm³/mol. The van der Waals surface area contributed by atoms with E-state index in [9.17, 15) is 14.4 Å². The Morgan fingerprint density at radius 1 is 0.312 bits per heavy atom. The van der Waals surface area contributed by atoms with Crippen LogP contribution in [0.15, 0.2) is 72.9 Å². The summed E-state index contributed by atoms with van der Waals surface area (Å²) in [6.07, 6.45) is 66.1. The smallest absolute Gasteiger partial charge is 0.306 e. The number of carbonyl (C=O) groups is 3. The molecule has 0 fully saturated rings. The molecule has 368 valence electrons. The third kappa shape index (κ3) is 49.9. The topological polar surface area (TPSA) is 78.9 Å². The van der Waals surface area contributed by atoms with Crippen LogP contribution in [0.3, 0.4) is 0 Å². The minimum atomic E-state index is -0.803. The lowest BCUT2D eigenvalue weighted by Gasteiger charge is -2.18. The van der Waals surface area contributed by atoms with E-state index in [1.807, 2.05) is 0 Å². The van der Waals surface area contributed by atoms with Gasteiger partial charge < -0.3 is 14.2 Å². The highest BCUT2D eigenvalue weighted by molar-refractivity contribution is 5.71. The molecule has 0 amide bonds. The monoisotopic (exact) mass is 893 g/mol. The van der Waals surface area contributed by atoms with Crippen LogP contribution < -0.4 is 0 Å². The van der Waals surface area contributed by atoms with E-state index in [0.29, 0.717) is 19.3 Å². The average molecular weight is 893 g/mol. The van der Waals surface area contributed by atoms with E-state index in [0.717, 1.165) is 70.6 Å². The minimum absolute atomic E-state index is 0.0969. The summed E-state index contributed by atoms with van der Waals surface area (Å²) in [6.45, 7) is 6.53. The number of hydrogen-bond acceptors (Lipinski definition) is 6. The van der Waals surface area contributed by atoms with E-state index in [1.165, 1.54) is 141 Å². The number of esters is 3. The van der Waals surface area contributed by atoms with Crippen molar-refractivity contribution in [3.05, 3.63) is 72.9 Å². The Hall–Kier alpha value is -3.15. The average Bonchev–Trinajstić information content (AvgIpc) is 3.29. The van der Waals surface area contributed by atoms with E-state index in [-0.39, 0.29) is 37.5 Å². The minimum Gasteiger partial charge on any atom is -0.462 e. The van der Waals surface area contributed by atoms with Crippen molar-refractivity contribution in [2.75, 3.05) is 13.2 Å². The van der Waals surface area contributed by atoms with Gasteiger partial charge >= 0.3 is 17.9 Å². The fourth-order valence-corrected chi connectivity index (χ4v) is 7.35. The summed E-state index contributed by atoms with van der Waals surface area (Å²) in [6, 6.07) is 0. The third-order valence-corrected chi connectivity index (χ3v) is 11.4. The standard InChI is InChI=1S/C58H100O6/c1-4-7-10-13-16-19-22-24-26-28-29-31-32-34-36-39-42-45-48-51-57(60)63-54-55(53-62-56(59)50-47-44-41-38-21-18-15-12-9-6-3)64-58(61)52-49-46-43-40-37-35-33-30-27-25-23-20-17-14-11-8-5-2/h16-17,19-20,24-27,33,35,40,43,55H,4-15,18,21-23,28-32,34,36-39,41-42,44-54H2,1-3H3/b19-16-,20-17-,26-24-,27-25-,35-33-,43-40-/t55-/m1/s1. The summed E-state index contributed by atoms with van der Waals surface area (Å²) in [5.74, 6) is -0.956. The highest BCUT2D eigenvalue weighted by Crippen LogP contribution is 2.14. The van der Waals surface area contributed by atoms with Gasteiger partial charge in [-0.15, -0.1) is 0 Å². The molecule has 0 spiro atoms. The van der Waals surface area contributed by atoms with Crippen molar-refractivity contribution >= 4 is 17.9 Å². The maximum atomic E-state index is 12.8. The van der Waals surface area contributed by atoms with Crippen LogP contribution in [0.25, 0.3) is 0 Å². The Bertz CT molecular complexity index is 1210. The van der Waals surface area contributed by atoms with Gasteiger partial charge in [0.2, 0.25) is 0 Å². The van der Waals surface area contributed by atoms with Crippen LogP contribution >= 0.6 is 0 Å². The Balaban J connectivity index is 4.41. The van der Waals surface area contributed by atoms with Gasteiger partial charge in [0.25, 0.3) is 0 Å². The summed E-state index contributed by atoms with van der Waals surface area (Å²) in [5, 5.41) is 0. The van der Waals surface area contributed by atoms with Crippen molar-refractivity contribution in [2.45, 2.75) is 264 Å². The highest BCUT2D eigenvalue weighted by Gasteiger charge is 2.19. The van der Waals surface area contributed by atoms with Crippen LogP contribution in [0.2, 0.25) is 0 Å². The summed E-state index contributed by atoms with van der Waals surface area (Å²) in [5.41, 5.74) is 0. The molecule has 0 unspecified atom stereocenters. The Labute approximate surface area is 395 Å². The lowest BCUT2D eigenvalue weighted by molar-refractivity contribution is -0.167.